The number of carbonyl (C=O) groups is 1. The highest BCUT2D eigenvalue weighted by atomic mass is 19.4. The number of hydrogen-bond donors (Lipinski definition) is 1. The molecule has 1 amide bonds. The van der Waals surface area contributed by atoms with E-state index in [1.54, 1.807) is 12.1 Å². The maximum absolute atomic E-state index is 12.8. The van der Waals surface area contributed by atoms with Crippen LogP contribution in [0.25, 0.3) is 0 Å². The first kappa shape index (κ1) is 20.3. The summed E-state index contributed by atoms with van der Waals surface area (Å²) in [4.78, 5) is 12.3. The van der Waals surface area contributed by atoms with Gasteiger partial charge < -0.3 is 14.8 Å². The molecule has 0 fully saturated rings. The maximum Gasteiger partial charge on any atom is 0.416 e. The van der Waals surface area contributed by atoms with Gasteiger partial charge in [-0.25, -0.2) is 0 Å². The molecule has 0 aliphatic carbocycles. The van der Waals surface area contributed by atoms with Crippen LogP contribution in [0.1, 0.15) is 15.9 Å². The molecule has 7 heteroatoms. The van der Waals surface area contributed by atoms with E-state index < -0.39 is 17.6 Å². The van der Waals surface area contributed by atoms with Crippen LogP contribution in [0.2, 0.25) is 0 Å². The van der Waals surface area contributed by atoms with Crippen LogP contribution in [0.5, 0.6) is 11.5 Å². The molecular weight excluding hydrogens is 383 g/mol. The van der Waals surface area contributed by atoms with Crippen molar-refractivity contribution in [3.8, 4) is 11.5 Å². The van der Waals surface area contributed by atoms with E-state index in [9.17, 15) is 18.0 Å². The number of carbonyl (C=O) groups excluding carboxylic acids is 1. The summed E-state index contributed by atoms with van der Waals surface area (Å²) in [5.74, 6) is 0.790. The number of hydrogen-bond acceptors (Lipinski definition) is 3. The Balaban J connectivity index is 1.51. The number of halogens is 3. The molecule has 0 aromatic heterocycles. The van der Waals surface area contributed by atoms with Gasteiger partial charge in [-0.3, -0.25) is 4.79 Å². The highest BCUT2D eigenvalue weighted by molar-refractivity contribution is 6.04. The molecule has 150 valence electrons. The molecule has 0 heterocycles. The van der Waals surface area contributed by atoms with Crippen molar-refractivity contribution in [3.05, 3.63) is 90.0 Å². The van der Waals surface area contributed by atoms with Crippen molar-refractivity contribution in [3.63, 3.8) is 0 Å². The zero-order valence-electron chi connectivity index (χ0n) is 15.3. The molecule has 0 aliphatic rings. The second-order valence-corrected chi connectivity index (χ2v) is 6.07. The van der Waals surface area contributed by atoms with Crippen LogP contribution in [0.4, 0.5) is 18.9 Å². The molecule has 0 aliphatic heterocycles. The lowest BCUT2D eigenvalue weighted by Crippen LogP contribution is -2.13. The van der Waals surface area contributed by atoms with E-state index in [0.29, 0.717) is 24.5 Å². The van der Waals surface area contributed by atoms with Gasteiger partial charge in [0.1, 0.15) is 24.7 Å². The normalized spacial score (nSPS) is 11.0. The summed E-state index contributed by atoms with van der Waals surface area (Å²) >= 11 is 0. The average molecular weight is 401 g/mol. The van der Waals surface area contributed by atoms with Crippen LogP contribution < -0.4 is 14.8 Å². The van der Waals surface area contributed by atoms with E-state index in [-0.39, 0.29) is 5.69 Å². The Labute approximate surface area is 165 Å². The first-order valence-electron chi connectivity index (χ1n) is 8.81. The molecule has 0 spiro atoms. The van der Waals surface area contributed by atoms with Crippen molar-refractivity contribution in [1.82, 2.24) is 0 Å². The fourth-order valence-electron chi connectivity index (χ4n) is 2.51. The Kier molecular flexibility index (Phi) is 6.39. The lowest BCUT2D eigenvalue weighted by Gasteiger charge is -2.11. The van der Waals surface area contributed by atoms with Gasteiger partial charge in [0.05, 0.1) is 5.56 Å². The summed E-state index contributed by atoms with van der Waals surface area (Å²) in [6, 6.07) is 20.1. The smallest absolute Gasteiger partial charge is 0.416 e. The summed E-state index contributed by atoms with van der Waals surface area (Å²) in [7, 11) is 0. The quantitative estimate of drug-likeness (QED) is 0.538. The summed E-state index contributed by atoms with van der Waals surface area (Å²) in [6.07, 6.45) is -4.47. The van der Waals surface area contributed by atoms with Gasteiger partial charge in [0.15, 0.2) is 0 Å². The molecule has 0 saturated carbocycles. The Bertz CT molecular complexity index is 942. The number of para-hydroxylation sites is 1. The lowest BCUT2D eigenvalue weighted by atomic mass is 10.1. The molecule has 0 unspecified atom stereocenters. The topological polar surface area (TPSA) is 47.6 Å². The van der Waals surface area contributed by atoms with E-state index in [1.165, 1.54) is 24.3 Å². The predicted octanol–water partition coefficient (Wildman–Crippen LogP) is 5.42. The fourth-order valence-corrected chi connectivity index (χ4v) is 2.51. The Hall–Kier alpha value is -3.48. The largest absolute Gasteiger partial charge is 0.490 e. The monoisotopic (exact) mass is 401 g/mol. The van der Waals surface area contributed by atoms with Gasteiger partial charge in [0, 0.05) is 11.3 Å². The zero-order valence-corrected chi connectivity index (χ0v) is 15.3. The summed E-state index contributed by atoms with van der Waals surface area (Å²) in [6.45, 7) is 0.687. The maximum atomic E-state index is 12.8. The molecule has 1 N–H and O–H groups in total. The number of anilines is 1. The van der Waals surface area contributed by atoms with Crippen molar-refractivity contribution in [2.24, 2.45) is 0 Å². The van der Waals surface area contributed by atoms with E-state index in [1.807, 2.05) is 30.3 Å². The number of alkyl halides is 3. The Morgan fingerprint density at radius 1 is 0.793 bits per heavy atom. The van der Waals surface area contributed by atoms with E-state index in [0.717, 1.165) is 17.9 Å². The van der Waals surface area contributed by atoms with Crippen LogP contribution >= 0.6 is 0 Å². The van der Waals surface area contributed by atoms with Crippen molar-refractivity contribution >= 4 is 11.6 Å². The van der Waals surface area contributed by atoms with E-state index in [4.69, 9.17) is 9.47 Å². The molecule has 4 nitrogen and oxygen atoms in total. The van der Waals surface area contributed by atoms with Crippen LogP contribution in [-0.4, -0.2) is 19.1 Å². The third kappa shape index (κ3) is 6.00. The second kappa shape index (κ2) is 9.14. The van der Waals surface area contributed by atoms with Crippen molar-refractivity contribution in [2.45, 2.75) is 6.18 Å². The SMILES string of the molecule is O=C(Nc1cccc(C(F)(F)F)c1)c1ccc(OCCOc2ccccc2)cc1. The number of nitrogens with one attached hydrogen (secondary N) is 1. The van der Waals surface area contributed by atoms with E-state index in [2.05, 4.69) is 5.32 Å². The van der Waals surface area contributed by atoms with Gasteiger partial charge in [0.25, 0.3) is 5.91 Å². The van der Waals surface area contributed by atoms with Crippen LogP contribution in [-0.2, 0) is 6.18 Å². The van der Waals surface area contributed by atoms with Crippen molar-refractivity contribution < 1.29 is 27.4 Å². The number of amides is 1. The second-order valence-electron chi connectivity index (χ2n) is 6.07. The predicted molar refractivity (Wildman–Crippen MR) is 103 cm³/mol. The first-order valence-corrected chi connectivity index (χ1v) is 8.81. The minimum Gasteiger partial charge on any atom is -0.490 e. The standard InChI is InChI=1S/C22H18F3NO3/c23-22(24,25)17-5-4-6-18(15-17)26-21(27)16-9-11-20(12-10-16)29-14-13-28-19-7-2-1-3-8-19/h1-12,15H,13-14H2,(H,26,27). The molecule has 3 aromatic rings. The molecule has 3 aromatic carbocycles. The highest BCUT2D eigenvalue weighted by Crippen LogP contribution is 2.30. The molecule has 0 radical (unpaired) electrons. The lowest BCUT2D eigenvalue weighted by molar-refractivity contribution is -0.137. The summed E-state index contributed by atoms with van der Waals surface area (Å²) < 4.78 is 49.4. The summed E-state index contributed by atoms with van der Waals surface area (Å²) in [5.41, 5.74) is -0.449. The Morgan fingerprint density at radius 3 is 2.03 bits per heavy atom. The van der Waals surface area contributed by atoms with Gasteiger partial charge >= 0.3 is 6.18 Å². The summed E-state index contributed by atoms with van der Waals surface area (Å²) in [5, 5.41) is 2.46. The van der Waals surface area contributed by atoms with Crippen molar-refractivity contribution in [2.75, 3.05) is 18.5 Å². The minimum absolute atomic E-state index is 0.0724. The number of benzene rings is 3. The molecule has 0 atom stereocenters. The first-order chi connectivity index (χ1) is 13.9. The molecule has 0 saturated heterocycles. The zero-order chi connectivity index (χ0) is 20.7. The minimum atomic E-state index is -4.47. The van der Waals surface area contributed by atoms with Crippen LogP contribution in [0.15, 0.2) is 78.9 Å². The van der Waals surface area contributed by atoms with Gasteiger partial charge in [-0.2, -0.15) is 13.2 Å². The fraction of sp³-hybridized carbons (Fsp3) is 0.136. The van der Waals surface area contributed by atoms with Crippen molar-refractivity contribution in [1.29, 1.82) is 0 Å². The molecular formula is C22H18F3NO3. The third-order valence-corrected chi connectivity index (χ3v) is 3.93. The molecule has 3 rings (SSSR count). The Morgan fingerprint density at radius 2 is 1.41 bits per heavy atom. The van der Waals surface area contributed by atoms with Gasteiger partial charge in [-0.1, -0.05) is 24.3 Å². The van der Waals surface area contributed by atoms with Crippen LogP contribution in [0.3, 0.4) is 0 Å². The van der Waals surface area contributed by atoms with E-state index >= 15 is 0 Å². The molecule has 0 bridgehead atoms. The van der Waals surface area contributed by atoms with Crippen LogP contribution in [0, 0.1) is 0 Å². The average Bonchev–Trinajstić information content (AvgIpc) is 2.72. The van der Waals surface area contributed by atoms with Gasteiger partial charge in [0.2, 0.25) is 0 Å². The number of rotatable bonds is 7. The molecule has 29 heavy (non-hydrogen) atoms. The third-order valence-electron chi connectivity index (χ3n) is 3.93. The highest BCUT2D eigenvalue weighted by Gasteiger charge is 2.30. The van der Waals surface area contributed by atoms with Gasteiger partial charge in [-0.05, 0) is 54.6 Å². The number of ether oxygens (including phenoxy) is 2. The van der Waals surface area contributed by atoms with Gasteiger partial charge in [-0.15, -0.1) is 0 Å².